The minimum absolute atomic E-state index is 0.226. The maximum atomic E-state index is 10.4. The third-order valence-corrected chi connectivity index (χ3v) is 7.17. The Morgan fingerprint density at radius 2 is 1.79 bits per heavy atom. The number of rotatable bonds is 7. The number of para-hydroxylation sites is 1. The van der Waals surface area contributed by atoms with Gasteiger partial charge in [-0.05, 0) is 56.9 Å². The Hall–Kier alpha value is -2.90. The first-order chi connectivity index (χ1) is 16.6. The number of likely N-dealkylation sites (tertiary alicyclic amines) is 1. The summed E-state index contributed by atoms with van der Waals surface area (Å²) in [5, 5.41) is 14.2. The van der Waals surface area contributed by atoms with Crippen molar-refractivity contribution in [3.05, 3.63) is 59.4 Å². The highest BCUT2D eigenvalue weighted by atomic mass is 16.3. The van der Waals surface area contributed by atoms with E-state index in [1.165, 1.54) is 13.0 Å². The molecule has 7 heteroatoms. The number of benzene rings is 1. The number of nitrogens with one attached hydrogen (secondary N) is 1. The third-order valence-electron chi connectivity index (χ3n) is 7.17. The van der Waals surface area contributed by atoms with Crippen LogP contribution in [0.5, 0.6) is 5.75 Å². The van der Waals surface area contributed by atoms with Crippen LogP contribution in [-0.2, 0) is 6.54 Å². The van der Waals surface area contributed by atoms with Gasteiger partial charge in [0.1, 0.15) is 11.4 Å². The maximum Gasteiger partial charge on any atom is 0.204 e. The van der Waals surface area contributed by atoms with Crippen LogP contribution in [0.25, 0.3) is 11.0 Å². The molecule has 2 aliphatic heterocycles. The summed E-state index contributed by atoms with van der Waals surface area (Å²) in [4.78, 5) is 14.7. The molecule has 2 aliphatic rings. The summed E-state index contributed by atoms with van der Waals surface area (Å²) in [7, 11) is 0. The van der Waals surface area contributed by atoms with Gasteiger partial charge in [0.05, 0.1) is 17.6 Å². The van der Waals surface area contributed by atoms with Crippen LogP contribution in [0, 0.1) is 13.8 Å². The summed E-state index contributed by atoms with van der Waals surface area (Å²) >= 11 is 0. The van der Waals surface area contributed by atoms with E-state index in [9.17, 15) is 5.11 Å². The molecule has 0 aliphatic carbocycles. The minimum Gasteiger partial charge on any atom is -0.506 e. The first kappa shape index (κ1) is 22.9. The summed E-state index contributed by atoms with van der Waals surface area (Å²) in [6.45, 7) is 11.4. The molecule has 2 aromatic heterocycles. The molecule has 1 fully saturated rings. The molecule has 1 aromatic carbocycles. The number of aromatic nitrogens is 3. The van der Waals surface area contributed by atoms with Crippen LogP contribution in [0.15, 0.2) is 42.5 Å². The van der Waals surface area contributed by atoms with Crippen molar-refractivity contribution < 1.29 is 5.11 Å². The first-order valence-electron chi connectivity index (χ1n) is 12.5. The number of fused-ring (bicyclic) bond motifs is 1. The lowest BCUT2D eigenvalue weighted by atomic mass is 10.1. The van der Waals surface area contributed by atoms with E-state index < -0.39 is 0 Å². The molecule has 2 N–H and O–H groups in total. The van der Waals surface area contributed by atoms with Crippen LogP contribution in [0.4, 0.5) is 5.95 Å². The zero-order valence-electron chi connectivity index (χ0n) is 20.4. The van der Waals surface area contributed by atoms with Crippen LogP contribution in [0.2, 0.25) is 0 Å². The standard InChI is InChI=1S/C27H36N6O/c1-20-7-6-8-24-26(20)30-27(33(24)19-23-25(34)10-9-21(2)28-23)29-22-11-15-32(16-12-22)18-17-31-13-4-3-5-14-31/h3-4,6-10,22,34H,5,11-19H2,1-2H3,(H,29,30). The lowest BCUT2D eigenvalue weighted by molar-refractivity contribution is 0.182. The molecule has 34 heavy (non-hydrogen) atoms. The van der Waals surface area contributed by atoms with Gasteiger partial charge in [-0.2, -0.15) is 0 Å². The average molecular weight is 461 g/mol. The molecule has 1 saturated heterocycles. The second-order valence-electron chi connectivity index (χ2n) is 9.70. The van der Waals surface area contributed by atoms with Gasteiger partial charge in [0.2, 0.25) is 5.95 Å². The van der Waals surface area contributed by atoms with Gasteiger partial charge in [0.15, 0.2) is 0 Å². The third kappa shape index (κ3) is 5.10. The number of aromatic hydroxyl groups is 1. The van der Waals surface area contributed by atoms with E-state index in [0.29, 0.717) is 18.3 Å². The number of hydrogen-bond acceptors (Lipinski definition) is 6. The van der Waals surface area contributed by atoms with Crippen molar-refractivity contribution in [2.75, 3.05) is 44.6 Å². The topological polar surface area (TPSA) is 69.5 Å². The summed E-state index contributed by atoms with van der Waals surface area (Å²) < 4.78 is 2.17. The monoisotopic (exact) mass is 460 g/mol. The summed E-state index contributed by atoms with van der Waals surface area (Å²) in [6, 6.07) is 10.2. The Morgan fingerprint density at radius 1 is 0.971 bits per heavy atom. The van der Waals surface area contributed by atoms with Crippen molar-refractivity contribution in [2.24, 2.45) is 0 Å². The number of aryl methyl sites for hydroxylation is 2. The molecule has 3 aromatic rings. The van der Waals surface area contributed by atoms with Gasteiger partial charge >= 0.3 is 0 Å². The van der Waals surface area contributed by atoms with E-state index in [1.54, 1.807) is 6.07 Å². The highest BCUT2D eigenvalue weighted by Gasteiger charge is 2.23. The van der Waals surface area contributed by atoms with Gasteiger partial charge in [-0.3, -0.25) is 9.88 Å². The van der Waals surface area contributed by atoms with Crippen LogP contribution in [0.3, 0.4) is 0 Å². The largest absolute Gasteiger partial charge is 0.506 e. The van der Waals surface area contributed by atoms with Gasteiger partial charge in [0.25, 0.3) is 0 Å². The summed E-state index contributed by atoms with van der Waals surface area (Å²) in [5.74, 6) is 1.09. The molecule has 0 unspecified atom stereocenters. The average Bonchev–Trinajstić information content (AvgIpc) is 3.20. The minimum atomic E-state index is 0.226. The molecule has 180 valence electrons. The normalized spacial score (nSPS) is 18.1. The fraction of sp³-hybridized carbons (Fsp3) is 0.481. The second-order valence-corrected chi connectivity index (χ2v) is 9.70. The predicted molar refractivity (Wildman–Crippen MR) is 137 cm³/mol. The molecule has 0 amide bonds. The van der Waals surface area contributed by atoms with Crippen molar-refractivity contribution in [3.8, 4) is 5.75 Å². The van der Waals surface area contributed by atoms with Gasteiger partial charge in [-0.1, -0.05) is 24.3 Å². The molecular formula is C27H36N6O. The molecule has 0 spiro atoms. The molecule has 0 atom stereocenters. The van der Waals surface area contributed by atoms with Crippen molar-refractivity contribution in [1.82, 2.24) is 24.3 Å². The zero-order chi connectivity index (χ0) is 23.5. The number of imidazole rings is 1. The van der Waals surface area contributed by atoms with E-state index in [0.717, 1.165) is 73.8 Å². The summed E-state index contributed by atoms with van der Waals surface area (Å²) in [6.07, 6.45) is 7.98. The Morgan fingerprint density at radius 3 is 2.59 bits per heavy atom. The quantitative estimate of drug-likeness (QED) is 0.521. The number of hydrogen-bond donors (Lipinski definition) is 2. The van der Waals surface area contributed by atoms with Crippen LogP contribution in [-0.4, -0.2) is 74.8 Å². The van der Waals surface area contributed by atoms with Gasteiger partial charge in [0, 0.05) is 51.0 Å². The van der Waals surface area contributed by atoms with E-state index in [4.69, 9.17) is 4.98 Å². The molecule has 4 heterocycles. The number of nitrogens with zero attached hydrogens (tertiary/aromatic N) is 5. The van der Waals surface area contributed by atoms with Gasteiger partial charge in [-0.25, -0.2) is 4.98 Å². The Labute approximate surface area is 202 Å². The molecule has 7 nitrogen and oxygen atoms in total. The number of pyridine rings is 1. The smallest absolute Gasteiger partial charge is 0.204 e. The molecule has 0 radical (unpaired) electrons. The van der Waals surface area contributed by atoms with Crippen LogP contribution in [0.1, 0.15) is 36.2 Å². The fourth-order valence-corrected chi connectivity index (χ4v) is 5.09. The van der Waals surface area contributed by atoms with E-state index >= 15 is 0 Å². The Kier molecular flexibility index (Phi) is 6.83. The van der Waals surface area contributed by atoms with E-state index in [-0.39, 0.29) is 5.75 Å². The lowest BCUT2D eigenvalue weighted by Gasteiger charge is -2.34. The molecular weight excluding hydrogens is 424 g/mol. The Balaban J connectivity index is 1.28. The first-order valence-corrected chi connectivity index (χ1v) is 12.5. The molecule has 0 bridgehead atoms. The zero-order valence-corrected chi connectivity index (χ0v) is 20.4. The van der Waals surface area contributed by atoms with E-state index in [2.05, 4.69) is 61.9 Å². The van der Waals surface area contributed by atoms with Gasteiger partial charge in [-0.15, -0.1) is 0 Å². The summed E-state index contributed by atoms with van der Waals surface area (Å²) in [5.41, 5.74) is 4.80. The molecule has 0 saturated carbocycles. The Bertz CT molecular complexity index is 1160. The van der Waals surface area contributed by atoms with Crippen molar-refractivity contribution >= 4 is 17.0 Å². The number of anilines is 1. The number of piperidine rings is 1. The maximum absolute atomic E-state index is 10.4. The SMILES string of the molecule is Cc1ccc(O)c(Cn2c(NC3CCN(CCN4CC=CCC4)CC3)nc3c(C)cccc32)n1. The van der Waals surface area contributed by atoms with E-state index in [1.807, 2.05) is 13.0 Å². The predicted octanol–water partition coefficient (Wildman–Crippen LogP) is 3.94. The highest BCUT2D eigenvalue weighted by Crippen LogP contribution is 2.27. The van der Waals surface area contributed by atoms with Crippen LogP contribution < -0.4 is 5.32 Å². The van der Waals surface area contributed by atoms with Crippen molar-refractivity contribution in [3.63, 3.8) is 0 Å². The molecule has 5 rings (SSSR count). The van der Waals surface area contributed by atoms with Gasteiger partial charge < -0.3 is 19.9 Å². The lowest BCUT2D eigenvalue weighted by Crippen LogP contribution is -2.43. The van der Waals surface area contributed by atoms with Crippen molar-refractivity contribution in [2.45, 2.75) is 45.7 Å². The van der Waals surface area contributed by atoms with Crippen molar-refractivity contribution in [1.29, 1.82) is 0 Å². The highest BCUT2D eigenvalue weighted by molar-refractivity contribution is 5.82. The fourth-order valence-electron chi connectivity index (χ4n) is 5.09. The second kappa shape index (κ2) is 10.2. The van der Waals surface area contributed by atoms with Crippen LogP contribution >= 0.6 is 0 Å².